The van der Waals surface area contributed by atoms with Gasteiger partial charge in [0.1, 0.15) is 16.0 Å². The molecule has 0 saturated heterocycles. The van der Waals surface area contributed by atoms with Gasteiger partial charge in [0.2, 0.25) is 0 Å². The van der Waals surface area contributed by atoms with Crippen molar-refractivity contribution < 1.29 is 14.3 Å². The Labute approximate surface area is 176 Å². The van der Waals surface area contributed by atoms with Gasteiger partial charge in [-0.1, -0.05) is 30.3 Å². The summed E-state index contributed by atoms with van der Waals surface area (Å²) in [5.74, 6) is 1.15. The van der Waals surface area contributed by atoms with Crippen molar-refractivity contribution in [3.05, 3.63) is 58.1 Å². The van der Waals surface area contributed by atoms with Crippen molar-refractivity contribution in [1.82, 2.24) is 9.80 Å². The second-order valence-electron chi connectivity index (χ2n) is 6.88. The number of nitrogens with zero attached hydrogens (tertiary/aromatic N) is 2. The molecule has 0 atom stereocenters. The molecule has 0 aliphatic rings. The summed E-state index contributed by atoms with van der Waals surface area (Å²) in [5, 5.41) is 0. The summed E-state index contributed by atoms with van der Waals surface area (Å²) in [6, 6.07) is 13.9. The summed E-state index contributed by atoms with van der Waals surface area (Å²) in [7, 11) is 7.19. The maximum Gasteiger partial charge on any atom is 0.254 e. The highest BCUT2D eigenvalue weighted by Crippen LogP contribution is 2.36. The number of rotatable bonds is 10. The van der Waals surface area contributed by atoms with Gasteiger partial charge in [0.15, 0.2) is 0 Å². The molecule has 2 rings (SSSR count). The van der Waals surface area contributed by atoms with E-state index in [0.29, 0.717) is 34.6 Å². The average Bonchev–Trinajstić information content (AvgIpc) is 2.70. The van der Waals surface area contributed by atoms with E-state index >= 15 is 0 Å². The molecule has 2 aromatic rings. The second kappa shape index (κ2) is 11.1. The lowest BCUT2D eigenvalue weighted by molar-refractivity contribution is 0.0742. The Morgan fingerprint density at radius 2 is 1.57 bits per heavy atom. The fourth-order valence-electron chi connectivity index (χ4n) is 2.93. The van der Waals surface area contributed by atoms with Crippen LogP contribution in [0.1, 0.15) is 22.3 Å². The lowest BCUT2D eigenvalue weighted by Crippen LogP contribution is -2.37. The van der Waals surface area contributed by atoms with Crippen LogP contribution in [0.25, 0.3) is 0 Å². The van der Waals surface area contributed by atoms with Crippen molar-refractivity contribution in [3.63, 3.8) is 0 Å². The molecule has 152 valence electrons. The lowest BCUT2D eigenvalue weighted by atomic mass is 10.1. The van der Waals surface area contributed by atoms with Crippen LogP contribution in [0.15, 0.2) is 46.9 Å². The fraction of sp³-hybridized carbons (Fsp3) is 0.409. The number of benzene rings is 2. The predicted molar refractivity (Wildman–Crippen MR) is 116 cm³/mol. The van der Waals surface area contributed by atoms with E-state index in [1.165, 1.54) is 5.56 Å². The zero-order valence-corrected chi connectivity index (χ0v) is 18.7. The standard InChI is InChI=1S/C22H29BrN2O3/c1-24(2)13-14-25(12-8-11-17-9-6-5-7-10-17)22(26)18-15-19(27-3)21(23)20(16-18)28-4/h5-7,9-10,15-16H,8,11-14H2,1-4H3. The Balaban J connectivity index is 2.16. The highest BCUT2D eigenvalue weighted by atomic mass is 79.9. The van der Waals surface area contributed by atoms with Gasteiger partial charge < -0.3 is 19.3 Å². The monoisotopic (exact) mass is 448 g/mol. The third kappa shape index (κ3) is 6.24. The van der Waals surface area contributed by atoms with E-state index in [-0.39, 0.29) is 5.91 Å². The van der Waals surface area contributed by atoms with Gasteiger partial charge in [-0.15, -0.1) is 0 Å². The van der Waals surface area contributed by atoms with Gasteiger partial charge in [-0.25, -0.2) is 0 Å². The Hall–Kier alpha value is -2.05. The molecule has 2 aromatic carbocycles. The molecule has 0 fully saturated rings. The molecule has 5 nitrogen and oxygen atoms in total. The van der Waals surface area contributed by atoms with E-state index in [0.717, 1.165) is 19.4 Å². The largest absolute Gasteiger partial charge is 0.495 e. The van der Waals surface area contributed by atoms with Gasteiger partial charge in [0.05, 0.1) is 14.2 Å². The van der Waals surface area contributed by atoms with Gasteiger partial charge in [-0.2, -0.15) is 0 Å². The number of carbonyl (C=O) groups is 1. The van der Waals surface area contributed by atoms with Crippen LogP contribution in [0.3, 0.4) is 0 Å². The number of methoxy groups -OCH3 is 2. The maximum absolute atomic E-state index is 13.2. The number of amides is 1. The van der Waals surface area contributed by atoms with Crippen LogP contribution in [-0.4, -0.2) is 63.7 Å². The van der Waals surface area contributed by atoms with E-state index in [4.69, 9.17) is 9.47 Å². The molecule has 1 amide bonds. The number of hydrogen-bond acceptors (Lipinski definition) is 4. The first-order chi connectivity index (χ1) is 13.5. The van der Waals surface area contributed by atoms with Crippen LogP contribution >= 0.6 is 15.9 Å². The molecule has 0 spiro atoms. The quantitative estimate of drug-likeness (QED) is 0.548. The zero-order chi connectivity index (χ0) is 20.5. The van der Waals surface area contributed by atoms with Crippen molar-refractivity contribution in [2.24, 2.45) is 0 Å². The number of hydrogen-bond donors (Lipinski definition) is 0. The van der Waals surface area contributed by atoms with Crippen molar-refractivity contribution >= 4 is 21.8 Å². The first-order valence-electron chi connectivity index (χ1n) is 9.35. The number of aryl methyl sites for hydroxylation is 1. The number of likely N-dealkylation sites (N-methyl/N-ethyl adjacent to an activating group) is 1. The Morgan fingerprint density at radius 1 is 0.964 bits per heavy atom. The number of ether oxygens (including phenoxy) is 2. The Bertz CT molecular complexity index is 741. The molecule has 6 heteroatoms. The fourth-order valence-corrected chi connectivity index (χ4v) is 3.48. The summed E-state index contributed by atoms with van der Waals surface area (Å²) in [6.45, 7) is 2.17. The lowest BCUT2D eigenvalue weighted by Gasteiger charge is -2.25. The summed E-state index contributed by atoms with van der Waals surface area (Å²) in [6.07, 6.45) is 1.85. The average molecular weight is 449 g/mol. The van der Waals surface area contributed by atoms with Crippen LogP contribution in [0.5, 0.6) is 11.5 Å². The molecule has 0 aromatic heterocycles. The van der Waals surface area contributed by atoms with Crippen molar-refractivity contribution in [3.8, 4) is 11.5 Å². The first-order valence-corrected chi connectivity index (χ1v) is 10.1. The first kappa shape index (κ1) is 22.2. The second-order valence-corrected chi connectivity index (χ2v) is 7.67. The summed E-state index contributed by atoms with van der Waals surface area (Å²) < 4.78 is 11.5. The molecule has 0 radical (unpaired) electrons. The molecule has 28 heavy (non-hydrogen) atoms. The van der Waals surface area contributed by atoms with Crippen LogP contribution in [-0.2, 0) is 6.42 Å². The van der Waals surface area contributed by atoms with Crippen LogP contribution in [0.2, 0.25) is 0 Å². The summed E-state index contributed by atoms with van der Waals surface area (Å²) in [5.41, 5.74) is 1.85. The molecule has 0 bridgehead atoms. The van der Waals surface area contributed by atoms with Crippen LogP contribution in [0.4, 0.5) is 0 Å². The summed E-state index contributed by atoms with van der Waals surface area (Å²) >= 11 is 3.46. The van der Waals surface area contributed by atoms with Crippen molar-refractivity contribution in [1.29, 1.82) is 0 Å². The van der Waals surface area contributed by atoms with E-state index in [1.54, 1.807) is 26.4 Å². The van der Waals surface area contributed by atoms with Gasteiger partial charge >= 0.3 is 0 Å². The highest BCUT2D eigenvalue weighted by molar-refractivity contribution is 9.10. The molecule has 0 N–H and O–H groups in total. The normalized spacial score (nSPS) is 10.8. The van der Waals surface area contributed by atoms with E-state index < -0.39 is 0 Å². The van der Waals surface area contributed by atoms with Crippen molar-refractivity contribution in [2.75, 3.05) is 47.9 Å². The number of halogens is 1. The zero-order valence-electron chi connectivity index (χ0n) is 17.1. The predicted octanol–water partition coefficient (Wildman–Crippen LogP) is 4.10. The smallest absolute Gasteiger partial charge is 0.254 e. The van der Waals surface area contributed by atoms with Gasteiger partial charge in [0, 0.05) is 25.2 Å². The molecule has 0 heterocycles. The maximum atomic E-state index is 13.2. The SMILES string of the molecule is COc1cc(C(=O)N(CCCc2ccccc2)CCN(C)C)cc(OC)c1Br. The molecule has 0 saturated carbocycles. The highest BCUT2D eigenvalue weighted by Gasteiger charge is 2.20. The Kier molecular flexibility index (Phi) is 8.80. The van der Waals surface area contributed by atoms with E-state index in [1.807, 2.05) is 37.2 Å². The Morgan fingerprint density at radius 3 is 2.11 bits per heavy atom. The van der Waals surface area contributed by atoms with Gasteiger partial charge in [0.25, 0.3) is 5.91 Å². The number of carbonyl (C=O) groups excluding carboxylic acids is 1. The third-order valence-electron chi connectivity index (χ3n) is 4.53. The minimum absolute atomic E-state index is 0.0148. The minimum Gasteiger partial charge on any atom is -0.495 e. The van der Waals surface area contributed by atoms with Crippen LogP contribution < -0.4 is 9.47 Å². The molecular formula is C22H29BrN2O3. The van der Waals surface area contributed by atoms with Gasteiger partial charge in [-0.3, -0.25) is 4.79 Å². The topological polar surface area (TPSA) is 42.0 Å². The molecule has 0 aliphatic heterocycles. The van der Waals surface area contributed by atoms with Crippen LogP contribution in [0, 0.1) is 0 Å². The van der Waals surface area contributed by atoms with E-state index in [2.05, 4.69) is 33.0 Å². The van der Waals surface area contributed by atoms with E-state index in [9.17, 15) is 4.79 Å². The molecule has 0 unspecified atom stereocenters. The molecular weight excluding hydrogens is 420 g/mol. The molecule has 0 aliphatic carbocycles. The third-order valence-corrected chi connectivity index (χ3v) is 5.31. The summed E-state index contributed by atoms with van der Waals surface area (Å²) in [4.78, 5) is 17.2. The van der Waals surface area contributed by atoms with Gasteiger partial charge in [-0.05, 0) is 60.6 Å². The minimum atomic E-state index is -0.0148. The van der Waals surface area contributed by atoms with Crippen molar-refractivity contribution in [2.45, 2.75) is 12.8 Å².